The fourth-order valence-electron chi connectivity index (χ4n) is 2.98. The second-order valence-electron chi connectivity index (χ2n) is 7.21. The highest BCUT2D eigenvalue weighted by molar-refractivity contribution is 7.99. The molecule has 0 saturated carbocycles. The molecule has 2 aromatic heterocycles. The summed E-state index contributed by atoms with van der Waals surface area (Å²) in [5.41, 5.74) is 6.82. The maximum atomic E-state index is 10.7. The van der Waals surface area contributed by atoms with Gasteiger partial charge in [0.2, 0.25) is 0 Å². The molecule has 3 aromatic rings. The van der Waals surface area contributed by atoms with Crippen LogP contribution in [0.1, 0.15) is 37.0 Å². The quantitative estimate of drug-likeness (QED) is 0.373. The van der Waals surface area contributed by atoms with E-state index in [1.54, 1.807) is 24.0 Å². The average molecular weight is 495 g/mol. The zero-order valence-electron chi connectivity index (χ0n) is 17.8. The van der Waals surface area contributed by atoms with Crippen LogP contribution in [0.5, 0.6) is 0 Å². The Balaban J connectivity index is 1.94. The van der Waals surface area contributed by atoms with Crippen LogP contribution in [0.2, 0.25) is 10.0 Å². The molecular formula is C22H24Cl2N4O3S. The van der Waals surface area contributed by atoms with Crippen molar-refractivity contribution in [1.82, 2.24) is 14.5 Å². The first-order chi connectivity index (χ1) is 15.3. The average Bonchev–Trinajstić information content (AvgIpc) is 3.05. The van der Waals surface area contributed by atoms with E-state index < -0.39 is 6.09 Å². The van der Waals surface area contributed by atoms with Crippen LogP contribution in [0.15, 0.2) is 52.5 Å². The Hall–Kier alpha value is -2.26. The molecule has 0 unspecified atom stereocenters. The van der Waals surface area contributed by atoms with Crippen LogP contribution < -0.4 is 5.73 Å². The third-order valence-electron chi connectivity index (χ3n) is 4.37. The molecule has 0 aliphatic heterocycles. The van der Waals surface area contributed by atoms with Gasteiger partial charge in [0.1, 0.15) is 24.1 Å². The van der Waals surface area contributed by atoms with Gasteiger partial charge < -0.3 is 19.8 Å². The van der Waals surface area contributed by atoms with Crippen LogP contribution >= 0.6 is 35.0 Å². The van der Waals surface area contributed by atoms with E-state index in [2.05, 4.69) is 23.4 Å². The fraction of sp³-hybridized carbons (Fsp3) is 0.318. The van der Waals surface area contributed by atoms with Crippen molar-refractivity contribution in [2.75, 3.05) is 13.2 Å². The molecule has 0 aliphatic rings. The minimum absolute atomic E-state index is 0.0793. The van der Waals surface area contributed by atoms with E-state index in [0.717, 1.165) is 27.1 Å². The van der Waals surface area contributed by atoms with Gasteiger partial charge >= 0.3 is 6.09 Å². The summed E-state index contributed by atoms with van der Waals surface area (Å²) >= 11 is 14.0. The molecule has 0 spiro atoms. The topological polar surface area (TPSA) is 92.3 Å². The number of carbonyl (C=O) groups is 1. The van der Waals surface area contributed by atoms with Crippen LogP contribution in [0, 0.1) is 0 Å². The number of amides is 1. The van der Waals surface area contributed by atoms with Crippen molar-refractivity contribution in [3.8, 4) is 0 Å². The van der Waals surface area contributed by atoms with Gasteiger partial charge in [0.05, 0.1) is 24.5 Å². The molecule has 3 rings (SSSR count). The van der Waals surface area contributed by atoms with Crippen molar-refractivity contribution < 1.29 is 14.3 Å². The number of primary amides is 1. The molecule has 1 amide bonds. The van der Waals surface area contributed by atoms with Gasteiger partial charge in [-0.15, -0.1) is 0 Å². The number of halogens is 2. The zero-order valence-corrected chi connectivity index (χ0v) is 20.1. The summed E-state index contributed by atoms with van der Waals surface area (Å²) in [5.74, 6) is 0.920. The molecule has 0 aliphatic carbocycles. The number of rotatable bonds is 10. The second kappa shape index (κ2) is 11.6. The number of nitrogens with two attached hydrogens (primary N) is 1. The van der Waals surface area contributed by atoms with Crippen LogP contribution in [0.4, 0.5) is 4.79 Å². The first-order valence-electron chi connectivity index (χ1n) is 9.96. The summed E-state index contributed by atoms with van der Waals surface area (Å²) in [6, 6.07) is 11.2. The van der Waals surface area contributed by atoms with E-state index in [-0.39, 0.29) is 25.7 Å². The summed E-state index contributed by atoms with van der Waals surface area (Å²) in [7, 11) is 0. The van der Waals surface area contributed by atoms with Gasteiger partial charge in [-0.05, 0) is 36.2 Å². The molecule has 0 atom stereocenters. The summed E-state index contributed by atoms with van der Waals surface area (Å²) < 4.78 is 12.5. The lowest BCUT2D eigenvalue weighted by molar-refractivity contribution is 0.0637. The molecule has 0 bridgehead atoms. The van der Waals surface area contributed by atoms with Gasteiger partial charge in [-0.2, -0.15) is 0 Å². The number of ether oxygens (including phenoxy) is 2. The normalized spacial score (nSPS) is 11.2. The SMILES string of the molecule is CC(C)c1nc(COCCOC(N)=O)n(Cc2ccccn2)c1Sc1cc(Cl)cc(Cl)c1. The largest absolute Gasteiger partial charge is 0.447 e. The van der Waals surface area contributed by atoms with Crippen molar-refractivity contribution in [2.45, 2.75) is 42.8 Å². The lowest BCUT2D eigenvalue weighted by atomic mass is 10.1. The second-order valence-corrected chi connectivity index (χ2v) is 9.14. The summed E-state index contributed by atoms with van der Waals surface area (Å²) in [4.78, 5) is 21.0. The molecular weight excluding hydrogens is 471 g/mol. The van der Waals surface area contributed by atoms with Crippen LogP contribution in [-0.2, 0) is 22.6 Å². The highest BCUT2D eigenvalue weighted by atomic mass is 35.5. The van der Waals surface area contributed by atoms with Crippen molar-refractivity contribution in [2.24, 2.45) is 5.73 Å². The van der Waals surface area contributed by atoms with E-state index >= 15 is 0 Å². The van der Waals surface area contributed by atoms with Crippen LogP contribution in [0.25, 0.3) is 0 Å². The molecule has 170 valence electrons. The Labute approximate surface area is 201 Å². The maximum Gasteiger partial charge on any atom is 0.404 e. The number of nitrogens with zero attached hydrogens (tertiary/aromatic N) is 3. The standard InChI is InChI=1S/C22H24Cl2N4O3S/c1-14(2)20-21(32-18-10-15(23)9-16(24)11-18)28(12-17-5-3-4-6-26-17)19(27-20)13-30-7-8-31-22(25)29/h3-6,9-11,14H,7-8,12-13H2,1-2H3,(H2,25,29). The first-order valence-corrected chi connectivity index (χ1v) is 11.5. The Bertz CT molecular complexity index is 1040. The molecule has 7 nitrogen and oxygen atoms in total. The van der Waals surface area contributed by atoms with E-state index in [1.165, 1.54) is 0 Å². The van der Waals surface area contributed by atoms with E-state index in [4.69, 9.17) is 43.4 Å². The van der Waals surface area contributed by atoms with Crippen molar-refractivity contribution in [3.63, 3.8) is 0 Å². The smallest absolute Gasteiger partial charge is 0.404 e. The predicted octanol–water partition coefficient (Wildman–Crippen LogP) is 5.52. The van der Waals surface area contributed by atoms with Crippen molar-refractivity contribution >= 4 is 41.1 Å². The van der Waals surface area contributed by atoms with Gasteiger partial charge in [0.15, 0.2) is 0 Å². The summed E-state index contributed by atoms with van der Waals surface area (Å²) in [6.07, 6.45) is 0.933. The molecule has 1 aromatic carbocycles. The minimum atomic E-state index is -0.828. The van der Waals surface area contributed by atoms with Gasteiger partial charge in [-0.1, -0.05) is 54.9 Å². The summed E-state index contributed by atoms with van der Waals surface area (Å²) in [5, 5.41) is 2.11. The van der Waals surface area contributed by atoms with Crippen LogP contribution in [-0.4, -0.2) is 33.8 Å². The number of imidazole rings is 1. The Morgan fingerprint density at radius 1 is 1.19 bits per heavy atom. The lowest BCUT2D eigenvalue weighted by Crippen LogP contribution is -2.17. The summed E-state index contributed by atoms with van der Waals surface area (Å²) in [6.45, 7) is 5.24. The Morgan fingerprint density at radius 2 is 1.94 bits per heavy atom. The van der Waals surface area contributed by atoms with Gasteiger partial charge in [-0.3, -0.25) is 4.98 Å². The van der Waals surface area contributed by atoms with Crippen molar-refractivity contribution in [1.29, 1.82) is 0 Å². The number of pyridine rings is 1. The molecule has 2 heterocycles. The van der Waals surface area contributed by atoms with E-state index in [9.17, 15) is 4.79 Å². The molecule has 32 heavy (non-hydrogen) atoms. The fourth-order valence-corrected chi connectivity index (χ4v) is 4.89. The molecule has 2 N–H and O–H groups in total. The van der Waals surface area contributed by atoms with E-state index in [0.29, 0.717) is 16.6 Å². The van der Waals surface area contributed by atoms with Gasteiger partial charge in [0.25, 0.3) is 0 Å². The monoisotopic (exact) mass is 494 g/mol. The lowest BCUT2D eigenvalue weighted by Gasteiger charge is -2.14. The molecule has 10 heteroatoms. The van der Waals surface area contributed by atoms with E-state index in [1.807, 2.05) is 30.3 Å². The highest BCUT2D eigenvalue weighted by Gasteiger charge is 2.21. The number of aromatic nitrogens is 3. The minimum Gasteiger partial charge on any atom is -0.447 e. The number of carbonyl (C=O) groups excluding carboxylic acids is 1. The first kappa shape index (κ1) is 24.4. The molecule has 0 saturated heterocycles. The maximum absolute atomic E-state index is 10.7. The van der Waals surface area contributed by atoms with Gasteiger partial charge in [0, 0.05) is 21.1 Å². The van der Waals surface area contributed by atoms with Crippen LogP contribution in [0.3, 0.4) is 0 Å². The Morgan fingerprint density at radius 3 is 2.56 bits per heavy atom. The third kappa shape index (κ3) is 6.87. The zero-order chi connectivity index (χ0) is 23.1. The number of benzene rings is 1. The highest BCUT2D eigenvalue weighted by Crippen LogP contribution is 2.37. The van der Waals surface area contributed by atoms with Gasteiger partial charge in [-0.25, -0.2) is 9.78 Å². The molecule has 0 fully saturated rings. The van der Waals surface area contributed by atoms with Crippen molar-refractivity contribution in [3.05, 3.63) is 69.9 Å². The Kier molecular flexibility index (Phi) is 8.81. The number of hydrogen-bond donors (Lipinski definition) is 1. The number of hydrogen-bond acceptors (Lipinski definition) is 6. The molecule has 0 radical (unpaired) electrons. The third-order valence-corrected chi connectivity index (χ3v) is 5.90. The predicted molar refractivity (Wildman–Crippen MR) is 125 cm³/mol.